The summed E-state index contributed by atoms with van der Waals surface area (Å²) in [6.07, 6.45) is 0.660. The number of halogens is 2. The molecule has 1 heterocycles. The van der Waals surface area contributed by atoms with E-state index in [4.69, 9.17) is 14.6 Å². The van der Waals surface area contributed by atoms with Gasteiger partial charge < -0.3 is 19.9 Å². The summed E-state index contributed by atoms with van der Waals surface area (Å²) in [6.45, 7) is 0.102. The van der Waals surface area contributed by atoms with Crippen molar-refractivity contribution in [2.24, 2.45) is 0 Å². The Bertz CT molecular complexity index is 881. The number of carbonyl (C=O) groups is 2. The maximum Gasteiger partial charge on any atom is 0.341 e. The van der Waals surface area contributed by atoms with Crippen molar-refractivity contribution in [2.45, 2.75) is 18.4 Å². The van der Waals surface area contributed by atoms with E-state index < -0.39 is 35.7 Å². The van der Waals surface area contributed by atoms with E-state index in [2.05, 4.69) is 5.32 Å². The molecule has 3 rings (SSSR count). The van der Waals surface area contributed by atoms with Crippen LogP contribution in [0, 0.1) is 11.6 Å². The highest BCUT2D eigenvalue weighted by Gasteiger charge is 2.38. The number of carbonyl (C=O) groups excluding carboxylic acids is 1. The quantitative estimate of drug-likeness (QED) is 0.791. The highest BCUT2D eigenvalue weighted by molar-refractivity contribution is 5.95. The molecule has 2 aromatic rings. The lowest BCUT2D eigenvalue weighted by Gasteiger charge is -2.38. The minimum atomic E-state index is -1.14. The molecule has 1 aliphatic heterocycles. The van der Waals surface area contributed by atoms with Gasteiger partial charge in [-0.2, -0.15) is 0 Å². The van der Waals surface area contributed by atoms with Crippen LogP contribution in [0.2, 0.25) is 0 Å². The van der Waals surface area contributed by atoms with Crippen LogP contribution in [0.15, 0.2) is 42.5 Å². The first-order valence-electron chi connectivity index (χ1n) is 8.70. The molecule has 1 amide bonds. The van der Waals surface area contributed by atoms with Crippen molar-refractivity contribution in [3.8, 4) is 5.75 Å². The van der Waals surface area contributed by atoms with Crippen LogP contribution in [-0.2, 0) is 15.1 Å². The Balaban J connectivity index is 1.86. The number of carboxylic acid groups (broad SMARTS) is 1. The maximum absolute atomic E-state index is 14.5. The number of hydrogen-bond acceptors (Lipinski definition) is 4. The van der Waals surface area contributed by atoms with Crippen LogP contribution < -0.4 is 10.1 Å². The summed E-state index contributed by atoms with van der Waals surface area (Å²) in [4.78, 5) is 23.5. The molecule has 2 aromatic carbocycles. The van der Waals surface area contributed by atoms with E-state index >= 15 is 0 Å². The molecule has 0 atom stereocenters. The van der Waals surface area contributed by atoms with Gasteiger partial charge in [-0.15, -0.1) is 0 Å². The second-order valence-electron chi connectivity index (χ2n) is 6.48. The monoisotopic (exact) mass is 391 g/mol. The van der Waals surface area contributed by atoms with E-state index in [-0.39, 0.29) is 16.9 Å². The second kappa shape index (κ2) is 8.35. The summed E-state index contributed by atoms with van der Waals surface area (Å²) in [5, 5.41) is 11.6. The van der Waals surface area contributed by atoms with Gasteiger partial charge in [-0.1, -0.05) is 12.1 Å². The van der Waals surface area contributed by atoms with Gasteiger partial charge >= 0.3 is 5.97 Å². The van der Waals surface area contributed by atoms with Gasteiger partial charge in [-0.25, -0.2) is 13.6 Å². The largest absolute Gasteiger partial charge is 0.482 e. The normalized spacial score (nSPS) is 15.6. The number of nitrogens with one attached hydrogen (secondary N) is 1. The van der Waals surface area contributed by atoms with Gasteiger partial charge in [0.2, 0.25) is 0 Å². The Labute approximate surface area is 160 Å². The fourth-order valence-corrected chi connectivity index (χ4v) is 3.22. The molecule has 0 bridgehead atoms. The number of ether oxygens (including phenoxy) is 2. The molecule has 6 nitrogen and oxygen atoms in total. The highest BCUT2D eigenvalue weighted by atomic mass is 19.1. The number of hydrogen-bond donors (Lipinski definition) is 2. The zero-order chi connectivity index (χ0) is 20.1. The number of rotatable bonds is 6. The number of aliphatic carboxylic acids is 1. The van der Waals surface area contributed by atoms with Crippen molar-refractivity contribution in [2.75, 3.05) is 19.8 Å². The van der Waals surface area contributed by atoms with Crippen molar-refractivity contribution < 1.29 is 33.0 Å². The smallest absolute Gasteiger partial charge is 0.341 e. The minimum Gasteiger partial charge on any atom is -0.482 e. The van der Waals surface area contributed by atoms with Gasteiger partial charge in [-0.3, -0.25) is 4.79 Å². The van der Waals surface area contributed by atoms with Crippen LogP contribution in [0.25, 0.3) is 0 Å². The summed E-state index contributed by atoms with van der Waals surface area (Å²) < 4.78 is 38.2. The molecule has 28 heavy (non-hydrogen) atoms. The van der Waals surface area contributed by atoms with E-state index in [1.165, 1.54) is 24.3 Å². The van der Waals surface area contributed by atoms with Gasteiger partial charge in [0, 0.05) is 30.4 Å². The van der Waals surface area contributed by atoms with Crippen LogP contribution in [-0.4, -0.2) is 36.8 Å². The van der Waals surface area contributed by atoms with Crippen molar-refractivity contribution in [3.05, 3.63) is 65.2 Å². The summed E-state index contributed by atoms with van der Waals surface area (Å²) in [7, 11) is 0. The van der Waals surface area contributed by atoms with Crippen LogP contribution in [0.5, 0.6) is 5.75 Å². The topological polar surface area (TPSA) is 84.9 Å². The van der Waals surface area contributed by atoms with E-state index in [0.717, 1.165) is 12.1 Å². The van der Waals surface area contributed by atoms with Crippen molar-refractivity contribution in [3.63, 3.8) is 0 Å². The third-order valence-electron chi connectivity index (χ3n) is 4.60. The predicted molar refractivity (Wildman–Crippen MR) is 95.1 cm³/mol. The zero-order valence-corrected chi connectivity index (χ0v) is 14.9. The lowest BCUT2D eigenvalue weighted by molar-refractivity contribution is -0.139. The lowest BCUT2D eigenvalue weighted by Crippen LogP contribution is -2.50. The molecular weight excluding hydrogens is 372 g/mol. The summed E-state index contributed by atoms with van der Waals surface area (Å²) in [5.41, 5.74) is -0.606. The summed E-state index contributed by atoms with van der Waals surface area (Å²) in [5.74, 6) is -2.82. The molecular formula is C20H19F2NO5. The fraction of sp³-hybridized carbons (Fsp3) is 0.300. The molecule has 148 valence electrons. The van der Waals surface area contributed by atoms with E-state index in [9.17, 15) is 18.4 Å². The van der Waals surface area contributed by atoms with Gasteiger partial charge in [0.25, 0.3) is 5.91 Å². The molecule has 8 heteroatoms. The predicted octanol–water partition coefficient (Wildman–Crippen LogP) is 2.86. The van der Waals surface area contributed by atoms with Gasteiger partial charge in [0.1, 0.15) is 17.4 Å². The molecule has 0 saturated carbocycles. The number of benzene rings is 2. The first kappa shape index (κ1) is 19.8. The molecule has 0 aliphatic carbocycles. The third-order valence-corrected chi connectivity index (χ3v) is 4.60. The first-order chi connectivity index (χ1) is 13.4. The molecule has 1 aliphatic rings. The van der Waals surface area contributed by atoms with E-state index in [0.29, 0.717) is 26.1 Å². The highest BCUT2D eigenvalue weighted by Crippen LogP contribution is 2.34. The average Bonchev–Trinajstić information content (AvgIpc) is 2.67. The van der Waals surface area contributed by atoms with E-state index in [1.807, 2.05) is 0 Å². The third kappa shape index (κ3) is 4.45. The molecule has 0 unspecified atom stereocenters. The van der Waals surface area contributed by atoms with Crippen molar-refractivity contribution >= 4 is 11.9 Å². The fourth-order valence-electron chi connectivity index (χ4n) is 3.22. The molecule has 2 N–H and O–H groups in total. The molecule has 0 aromatic heterocycles. The molecule has 0 spiro atoms. The zero-order valence-electron chi connectivity index (χ0n) is 14.9. The van der Waals surface area contributed by atoms with Gasteiger partial charge in [-0.05, 0) is 37.1 Å². The number of carboxylic acids is 1. The van der Waals surface area contributed by atoms with Gasteiger partial charge in [0.05, 0.1) is 5.54 Å². The Hall–Kier alpha value is -3.00. The van der Waals surface area contributed by atoms with Crippen molar-refractivity contribution in [1.82, 2.24) is 5.32 Å². The second-order valence-corrected chi connectivity index (χ2v) is 6.48. The standard InChI is InChI=1S/C20H19F2NO5/c21-14-4-5-16(17(22)11-14)20(6-8-27-9-7-20)23-19(26)13-2-1-3-15(10-13)28-12-18(24)25/h1-5,10-11H,6-9,12H2,(H,23,26)(H,24,25). The van der Waals surface area contributed by atoms with Crippen LogP contribution in [0.3, 0.4) is 0 Å². The average molecular weight is 391 g/mol. The minimum absolute atomic E-state index is 0.198. The number of amides is 1. The Morgan fingerprint density at radius 2 is 1.89 bits per heavy atom. The van der Waals surface area contributed by atoms with Crippen molar-refractivity contribution in [1.29, 1.82) is 0 Å². The Kier molecular flexibility index (Phi) is 5.89. The molecule has 1 saturated heterocycles. The lowest BCUT2D eigenvalue weighted by atomic mass is 9.82. The SMILES string of the molecule is O=C(O)COc1cccc(C(=O)NC2(c3ccc(F)cc3F)CCOCC2)c1. The summed E-state index contributed by atoms with van der Waals surface area (Å²) in [6, 6.07) is 9.32. The van der Waals surface area contributed by atoms with Gasteiger partial charge in [0.15, 0.2) is 6.61 Å². The Morgan fingerprint density at radius 3 is 2.57 bits per heavy atom. The molecule has 0 radical (unpaired) electrons. The van der Waals surface area contributed by atoms with E-state index in [1.54, 1.807) is 6.07 Å². The van der Waals surface area contributed by atoms with Crippen LogP contribution in [0.4, 0.5) is 8.78 Å². The summed E-state index contributed by atoms with van der Waals surface area (Å²) >= 11 is 0. The van der Waals surface area contributed by atoms with Crippen LogP contribution >= 0.6 is 0 Å². The first-order valence-corrected chi connectivity index (χ1v) is 8.70. The maximum atomic E-state index is 14.5. The molecule has 1 fully saturated rings. The Morgan fingerprint density at radius 1 is 1.14 bits per heavy atom. The van der Waals surface area contributed by atoms with Crippen LogP contribution in [0.1, 0.15) is 28.8 Å².